The number of benzene rings is 2. The number of carbonyl (C=O) groups excluding carboxylic acids is 1. The van der Waals surface area contributed by atoms with E-state index in [0.29, 0.717) is 23.6 Å². The van der Waals surface area contributed by atoms with Crippen molar-refractivity contribution in [3.63, 3.8) is 0 Å². The number of carbonyl (C=O) groups is 1. The van der Waals surface area contributed by atoms with E-state index in [0.717, 1.165) is 10.8 Å². The molecule has 2 aromatic rings. The molecule has 0 aromatic heterocycles. The number of hydrogen-bond donors (Lipinski definition) is 1. The van der Waals surface area contributed by atoms with E-state index >= 15 is 0 Å². The zero-order valence-electron chi connectivity index (χ0n) is 11.7. The Hall–Kier alpha value is -2.27. The number of hydrogen-bond acceptors (Lipinski definition) is 5. The van der Waals surface area contributed by atoms with E-state index in [1.807, 2.05) is 25.1 Å². The molecule has 0 bridgehead atoms. The molecule has 20 heavy (non-hydrogen) atoms. The van der Waals surface area contributed by atoms with Gasteiger partial charge in [-0.3, -0.25) is 0 Å². The zero-order chi connectivity index (χ0) is 14.5. The Bertz CT molecular complexity index is 625. The molecule has 0 unspecified atom stereocenters. The lowest BCUT2D eigenvalue weighted by Gasteiger charge is -2.11. The first-order valence-electron chi connectivity index (χ1n) is 6.30. The highest BCUT2D eigenvalue weighted by Crippen LogP contribution is 2.35. The largest absolute Gasteiger partial charge is 0.493 e. The monoisotopic (exact) mass is 275 g/mol. The molecule has 0 saturated carbocycles. The summed E-state index contributed by atoms with van der Waals surface area (Å²) >= 11 is 0. The first-order chi connectivity index (χ1) is 9.71. The number of fused-ring (bicyclic) bond motifs is 1. The molecule has 0 atom stereocenters. The maximum absolute atomic E-state index is 11.8. The van der Waals surface area contributed by atoms with E-state index in [-0.39, 0.29) is 0 Å². The number of rotatable bonds is 5. The van der Waals surface area contributed by atoms with Gasteiger partial charge < -0.3 is 14.3 Å². The van der Waals surface area contributed by atoms with Crippen molar-refractivity contribution < 1.29 is 19.1 Å². The van der Waals surface area contributed by atoms with Crippen molar-refractivity contribution in [2.75, 3.05) is 20.8 Å². The van der Waals surface area contributed by atoms with E-state index in [1.54, 1.807) is 26.4 Å². The van der Waals surface area contributed by atoms with Gasteiger partial charge in [0.05, 0.1) is 19.8 Å². The Balaban J connectivity index is 2.48. The number of nitrogens with one attached hydrogen (secondary N) is 1. The highest BCUT2D eigenvalue weighted by Gasteiger charge is 2.13. The Morgan fingerprint density at radius 1 is 1.15 bits per heavy atom. The summed E-state index contributed by atoms with van der Waals surface area (Å²) in [6.07, 6.45) is 0. The SMILES string of the molecule is CCNOC(=O)c1ccc2ccc(OC)c(OC)c2c1. The minimum atomic E-state index is -0.432. The third-order valence-corrected chi connectivity index (χ3v) is 2.90. The van der Waals surface area contributed by atoms with Crippen molar-refractivity contribution in [2.24, 2.45) is 0 Å². The Morgan fingerprint density at radius 3 is 2.55 bits per heavy atom. The molecule has 106 valence electrons. The summed E-state index contributed by atoms with van der Waals surface area (Å²) in [6.45, 7) is 2.40. The lowest BCUT2D eigenvalue weighted by Crippen LogP contribution is -2.19. The summed E-state index contributed by atoms with van der Waals surface area (Å²) in [5, 5.41) is 1.76. The molecule has 1 N–H and O–H groups in total. The second-order valence-corrected chi connectivity index (χ2v) is 4.12. The quantitative estimate of drug-likeness (QED) is 0.850. The molecule has 0 aliphatic rings. The molecule has 0 amide bonds. The minimum Gasteiger partial charge on any atom is -0.493 e. The van der Waals surface area contributed by atoms with Crippen molar-refractivity contribution in [3.8, 4) is 11.5 Å². The van der Waals surface area contributed by atoms with Gasteiger partial charge in [0.15, 0.2) is 11.5 Å². The van der Waals surface area contributed by atoms with Gasteiger partial charge in [-0.15, -0.1) is 0 Å². The van der Waals surface area contributed by atoms with Crippen LogP contribution in [0.2, 0.25) is 0 Å². The van der Waals surface area contributed by atoms with Crippen LogP contribution in [0.25, 0.3) is 10.8 Å². The normalized spacial score (nSPS) is 10.3. The molecule has 0 aliphatic carbocycles. The number of ether oxygens (including phenoxy) is 2. The molecule has 0 spiro atoms. The second kappa shape index (κ2) is 6.25. The van der Waals surface area contributed by atoms with Crippen LogP contribution in [0.4, 0.5) is 0 Å². The van der Waals surface area contributed by atoms with Gasteiger partial charge in [-0.25, -0.2) is 4.79 Å². The first-order valence-corrected chi connectivity index (χ1v) is 6.30. The fourth-order valence-corrected chi connectivity index (χ4v) is 1.97. The smallest absolute Gasteiger partial charge is 0.356 e. The van der Waals surface area contributed by atoms with Crippen LogP contribution < -0.4 is 15.0 Å². The van der Waals surface area contributed by atoms with E-state index in [2.05, 4.69) is 5.48 Å². The van der Waals surface area contributed by atoms with Crippen LogP contribution in [0.5, 0.6) is 11.5 Å². The first kappa shape index (κ1) is 14.1. The molecule has 5 heteroatoms. The fraction of sp³-hybridized carbons (Fsp3) is 0.267. The maximum atomic E-state index is 11.8. The van der Waals surface area contributed by atoms with Crippen molar-refractivity contribution in [3.05, 3.63) is 35.9 Å². The van der Waals surface area contributed by atoms with E-state index in [9.17, 15) is 4.79 Å². The van der Waals surface area contributed by atoms with Crippen LogP contribution in [0.1, 0.15) is 17.3 Å². The topological polar surface area (TPSA) is 56.8 Å². The van der Waals surface area contributed by atoms with Gasteiger partial charge in [0.1, 0.15) is 0 Å². The van der Waals surface area contributed by atoms with Crippen molar-refractivity contribution in [1.29, 1.82) is 0 Å². The van der Waals surface area contributed by atoms with Crippen LogP contribution in [0.3, 0.4) is 0 Å². The van der Waals surface area contributed by atoms with Crippen molar-refractivity contribution in [1.82, 2.24) is 5.48 Å². The molecule has 2 rings (SSSR count). The Labute approximate surface area is 117 Å². The van der Waals surface area contributed by atoms with E-state index in [4.69, 9.17) is 14.3 Å². The molecule has 0 fully saturated rings. The lowest BCUT2D eigenvalue weighted by atomic mass is 10.1. The summed E-state index contributed by atoms with van der Waals surface area (Å²) in [6, 6.07) is 9.04. The van der Waals surface area contributed by atoms with E-state index in [1.165, 1.54) is 0 Å². The molecular formula is C15H17NO4. The summed E-state index contributed by atoms with van der Waals surface area (Å²) in [5.41, 5.74) is 2.99. The summed E-state index contributed by atoms with van der Waals surface area (Å²) in [7, 11) is 3.15. The van der Waals surface area contributed by atoms with Crippen LogP contribution >= 0.6 is 0 Å². The van der Waals surface area contributed by atoms with Gasteiger partial charge in [0, 0.05) is 11.9 Å². The number of methoxy groups -OCH3 is 2. The average Bonchev–Trinajstić information content (AvgIpc) is 2.50. The predicted octanol–water partition coefficient (Wildman–Crippen LogP) is 2.54. The summed E-state index contributed by atoms with van der Waals surface area (Å²) in [4.78, 5) is 16.7. The van der Waals surface area contributed by atoms with Crippen LogP contribution in [0.15, 0.2) is 30.3 Å². The summed E-state index contributed by atoms with van der Waals surface area (Å²) < 4.78 is 10.6. The Kier molecular flexibility index (Phi) is 4.42. The maximum Gasteiger partial charge on any atom is 0.356 e. The van der Waals surface area contributed by atoms with Gasteiger partial charge in [0.25, 0.3) is 0 Å². The van der Waals surface area contributed by atoms with Gasteiger partial charge in [-0.2, -0.15) is 5.48 Å². The third-order valence-electron chi connectivity index (χ3n) is 2.90. The summed E-state index contributed by atoms with van der Waals surface area (Å²) in [5.74, 6) is 0.791. The highest BCUT2D eigenvalue weighted by atomic mass is 16.7. The molecule has 0 saturated heterocycles. The van der Waals surface area contributed by atoms with Crippen molar-refractivity contribution >= 4 is 16.7 Å². The van der Waals surface area contributed by atoms with E-state index < -0.39 is 5.97 Å². The lowest BCUT2D eigenvalue weighted by molar-refractivity contribution is 0.0266. The number of hydroxylamine groups is 1. The van der Waals surface area contributed by atoms with Gasteiger partial charge in [-0.1, -0.05) is 12.1 Å². The minimum absolute atomic E-state index is 0.432. The Morgan fingerprint density at radius 2 is 1.90 bits per heavy atom. The third kappa shape index (κ3) is 2.67. The van der Waals surface area contributed by atoms with Crippen LogP contribution in [0, 0.1) is 0 Å². The zero-order valence-corrected chi connectivity index (χ0v) is 11.7. The standard InChI is InChI=1S/C15H17NO4/c1-4-16-20-15(17)11-6-5-10-7-8-13(18-2)14(19-3)12(10)9-11/h5-9,16H,4H2,1-3H3. The van der Waals surface area contributed by atoms with Crippen LogP contribution in [-0.2, 0) is 4.84 Å². The van der Waals surface area contributed by atoms with Gasteiger partial charge >= 0.3 is 5.97 Å². The molecule has 5 nitrogen and oxygen atoms in total. The van der Waals surface area contributed by atoms with Gasteiger partial charge in [0.2, 0.25) is 0 Å². The van der Waals surface area contributed by atoms with Crippen LogP contribution in [-0.4, -0.2) is 26.7 Å². The molecule has 0 heterocycles. The molecule has 2 aromatic carbocycles. The van der Waals surface area contributed by atoms with Crippen molar-refractivity contribution in [2.45, 2.75) is 6.92 Å². The predicted molar refractivity (Wildman–Crippen MR) is 76.1 cm³/mol. The van der Waals surface area contributed by atoms with Gasteiger partial charge in [-0.05, 0) is 30.5 Å². The second-order valence-electron chi connectivity index (χ2n) is 4.12. The molecule has 0 aliphatic heterocycles. The fourth-order valence-electron chi connectivity index (χ4n) is 1.97. The highest BCUT2D eigenvalue weighted by molar-refractivity contribution is 5.98. The molecule has 0 radical (unpaired) electrons. The molecular weight excluding hydrogens is 258 g/mol. The average molecular weight is 275 g/mol.